The maximum atomic E-state index is 12.6. The second kappa shape index (κ2) is 7.74. The molecule has 1 aromatic heterocycles. The number of aromatic nitrogens is 2. The van der Waals surface area contributed by atoms with Crippen molar-refractivity contribution in [2.75, 3.05) is 19.8 Å². The van der Waals surface area contributed by atoms with Crippen LogP contribution in [0, 0.1) is 6.92 Å². The van der Waals surface area contributed by atoms with E-state index in [4.69, 9.17) is 9.47 Å². The molecule has 140 valence electrons. The van der Waals surface area contributed by atoms with Gasteiger partial charge in [-0.25, -0.2) is 4.68 Å². The molecular weight excluding hydrogens is 322 g/mol. The van der Waals surface area contributed by atoms with E-state index in [1.807, 2.05) is 0 Å². The number of nitrogens with zero attached hydrogens (tertiary/aromatic N) is 2. The Kier molecular flexibility index (Phi) is 5.64. The lowest BCUT2D eigenvalue weighted by atomic mass is 9.78. The average Bonchev–Trinajstić information content (AvgIpc) is 2.85. The normalized spacial score (nSPS) is 22.3. The van der Waals surface area contributed by atoms with Crippen molar-refractivity contribution in [1.82, 2.24) is 15.1 Å². The zero-order chi connectivity index (χ0) is 17.9. The van der Waals surface area contributed by atoms with E-state index < -0.39 is 5.60 Å². The van der Waals surface area contributed by atoms with Crippen LogP contribution < -0.4 is 10.1 Å². The van der Waals surface area contributed by atoms with Crippen LogP contribution in [0.3, 0.4) is 0 Å². The van der Waals surface area contributed by atoms with Crippen LogP contribution in [0.4, 0.5) is 0 Å². The van der Waals surface area contributed by atoms with Gasteiger partial charge in [0.25, 0.3) is 5.91 Å². The topological polar surface area (TPSA) is 85.6 Å². The van der Waals surface area contributed by atoms with Crippen molar-refractivity contribution in [2.45, 2.75) is 63.6 Å². The zero-order valence-corrected chi connectivity index (χ0v) is 15.2. The van der Waals surface area contributed by atoms with Crippen molar-refractivity contribution < 1.29 is 19.4 Å². The summed E-state index contributed by atoms with van der Waals surface area (Å²) in [5.41, 5.74) is 0.523. The van der Waals surface area contributed by atoms with Gasteiger partial charge in [0, 0.05) is 20.2 Å². The van der Waals surface area contributed by atoms with Gasteiger partial charge < -0.3 is 19.9 Å². The second-order valence-electron chi connectivity index (χ2n) is 7.27. The number of hydrogen-bond acceptors (Lipinski definition) is 5. The van der Waals surface area contributed by atoms with Gasteiger partial charge in [0.1, 0.15) is 12.2 Å². The number of ether oxygens (including phenoxy) is 2. The largest absolute Gasteiger partial charge is 0.475 e. The first-order valence-electron chi connectivity index (χ1n) is 9.27. The van der Waals surface area contributed by atoms with Crippen LogP contribution in [0.5, 0.6) is 5.88 Å². The molecule has 1 saturated carbocycles. The lowest BCUT2D eigenvalue weighted by Gasteiger charge is -2.36. The minimum atomic E-state index is -0.588. The highest BCUT2D eigenvalue weighted by atomic mass is 16.5. The summed E-state index contributed by atoms with van der Waals surface area (Å²) in [6.07, 6.45) is 6.60. The van der Waals surface area contributed by atoms with E-state index in [1.54, 1.807) is 18.7 Å². The Bertz CT molecular complexity index is 604. The Morgan fingerprint density at radius 1 is 1.44 bits per heavy atom. The summed E-state index contributed by atoms with van der Waals surface area (Å²) < 4.78 is 13.2. The monoisotopic (exact) mass is 351 g/mol. The summed E-state index contributed by atoms with van der Waals surface area (Å²) in [7, 11) is 1.78. The number of aryl methyl sites for hydroxylation is 2. The molecule has 1 aromatic rings. The average molecular weight is 351 g/mol. The molecule has 7 nitrogen and oxygen atoms in total. The van der Waals surface area contributed by atoms with Crippen LogP contribution in [0.15, 0.2) is 0 Å². The third kappa shape index (κ3) is 4.33. The molecule has 3 rings (SSSR count). The van der Waals surface area contributed by atoms with E-state index in [0.717, 1.165) is 45.1 Å². The Balaban J connectivity index is 1.58. The molecule has 2 N–H and O–H groups in total. The molecule has 1 atom stereocenters. The molecule has 2 fully saturated rings. The smallest absolute Gasteiger partial charge is 0.258 e. The van der Waals surface area contributed by atoms with Gasteiger partial charge in [-0.1, -0.05) is 0 Å². The van der Waals surface area contributed by atoms with E-state index >= 15 is 0 Å². The van der Waals surface area contributed by atoms with Crippen molar-refractivity contribution in [1.29, 1.82) is 0 Å². The fraction of sp³-hybridized carbons (Fsp3) is 0.778. The first-order chi connectivity index (χ1) is 12.0. The molecule has 1 amide bonds. The number of aliphatic hydroxyl groups is 1. The van der Waals surface area contributed by atoms with Crippen LogP contribution in [-0.2, 0) is 11.8 Å². The van der Waals surface area contributed by atoms with E-state index in [2.05, 4.69) is 10.4 Å². The number of nitrogens with one attached hydrogen (secondary N) is 1. The van der Waals surface area contributed by atoms with Crippen molar-refractivity contribution in [2.24, 2.45) is 7.05 Å². The summed E-state index contributed by atoms with van der Waals surface area (Å²) in [5, 5.41) is 17.3. The summed E-state index contributed by atoms with van der Waals surface area (Å²) in [4.78, 5) is 12.6. The molecule has 0 bridgehead atoms. The zero-order valence-electron chi connectivity index (χ0n) is 15.2. The van der Waals surface area contributed by atoms with Crippen LogP contribution in [0.25, 0.3) is 0 Å². The molecular formula is C18H29N3O4. The number of rotatable bonds is 7. The molecule has 1 saturated heterocycles. The van der Waals surface area contributed by atoms with Gasteiger partial charge >= 0.3 is 0 Å². The summed E-state index contributed by atoms with van der Waals surface area (Å²) in [5.74, 6) is 0.277. The Morgan fingerprint density at radius 2 is 2.24 bits per heavy atom. The van der Waals surface area contributed by atoms with Gasteiger partial charge in [-0.05, 0) is 51.9 Å². The Morgan fingerprint density at radius 3 is 2.88 bits per heavy atom. The molecule has 1 unspecified atom stereocenters. The van der Waals surface area contributed by atoms with Crippen LogP contribution in [0.1, 0.15) is 61.0 Å². The molecule has 0 spiro atoms. The lowest BCUT2D eigenvalue weighted by molar-refractivity contribution is -0.0390. The van der Waals surface area contributed by atoms with Crippen molar-refractivity contribution in [3.05, 3.63) is 11.3 Å². The van der Waals surface area contributed by atoms with Gasteiger partial charge in [0.05, 0.1) is 17.4 Å². The Labute approximate surface area is 148 Å². The first kappa shape index (κ1) is 18.2. The molecule has 0 radical (unpaired) electrons. The number of amides is 1. The third-order valence-corrected chi connectivity index (χ3v) is 5.24. The van der Waals surface area contributed by atoms with Crippen LogP contribution in [-0.4, -0.2) is 52.3 Å². The molecule has 1 aliphatic heterocycles. The number of carbonyl (C=O) groups excluding carboxylic acids is 1. The van der Waals surface area contributed by atoms with Gasteiger partial charge in [-0.15, -0.1) is 0 Å². The quantitative estimate of drug-likeness (QED) is 0.781. The number of hydrogen-bond donors (Lipinski definition) is 2. The van der Waals surface area contributed by atoms with Gasteiger partial charge in [-0.2, -0.15) is 5.10 Å². The van der Waals surface area contributed by atoms with E-state index in [-0.39, 0.29) is 12.0 Å². The van der Waals surface area contributed by atoms with E-state index in [0.29, 0.717) is 36.7 Å². The molecule has 1 aliphatic carbocycles. The maximum absolute atomic E-state index is 12.6. The predicted molar refractivity (Wildman–Crippen MR) is 92.8 cm³/mol. The Hall–Kier alpha value is -1.60. The molecule has 2 heterocycles. The SMILES string of the molecule is Cc1nn(C)c(OCC2CCCCO2)c1C(=O)NCCC1(O)CCC1. The highest BCUT2D eigenvalue weighted by molar-refractivity contribution is 5.97. The summed E-state index contributed by atoms with van der Waals surface area (Å²) in [6.45, 7) is 3.46. The van der Waals surface area contributed by atoms with Crippen molar-refractivity contribution >= 4 is 5.91 Å². The lowest BCUT2D eigenvalue weighted by Crippen LogP contribution is -2.40. The molecule has 25 heavy (non-hydrogen) atoms. The minimum Gasteiger partial charge on any atom is -0.475 e. The standard InChI is InChI=1S/C18H29N3O4/c1-13-15(16(22)19-10-9-18(23)7-5-8-18)17(21(2)20-13)25-12-14-6-3-4-11-24-14/h14,23H,3-12H2,1-2H3,(H,19,22). The fourth-order valence-corrected chi connectivity index (χ4v) is 3.51. The van der Waals surface area contributed by atoms with Crippen LogP contribution >= 0.6 is 0 Å². The maximum Gasteiger partial charge on any atom is 0.258 e. The summed E-state index contributed by atoms with van der Waals surface area (Å²) >= 11 is 0. The molecule has 0 aromatic carbocycles. The van der Waals surface area contributed by atoms with E-state index in [9.17, 15) is 9.90 Å². The second-order valence-corrected chi connectivity index (χ2v) is 7.27. The molecule has 2 aliphatic rings. The number of carbonyl (C=O) groups is 1. The summed E-state index contributed by atoms with van der Waals surface area (Å²) in [6, 6.07) is 0. The van der Waals surface area contributed by atoms with Crippen LogP contribution in [0.2, 0.25) is 0 Å². The predicted octanol–water partition coefficient (Wildman–Crippen LogP) is 1.71. The third-order valence-electron chi connectivity index (χ3n) is 5.24. The highest BCUT2D eigenvalue weighted by Gasteiger charge is 2.34. The minimum absolute atomic E-state index is 0.0766. The van der Waals surface area contributed by atoms with Gasteiger partial charge in [0.15, 0.2) is 0 Å². The fourth-order valence-electron chi connectivity index (χ4n) is 3.51. The first-order valence-corrected chi connectivity index (χ1v) is 9.27. The van der Waals surface area contributed by atoms with Crippen molar-refractivity contribution in [3.63, 3.8) is 0 Å². The molecule has 7 heteroatoms. The van der Waals surface area contributed by atoms with Gasteiger partial charge in [0.2, 0.25) is 5.88 Å². The van der Waals surface area contributed by atoms with Crippen molar-refractivity contribution in [3.8, 4) is 5.88 Å². The van der Waals surface area contributed by atoms with Gasteiger partial charge in [-0.3, -0.25) is 4.79 Å². The highest BCUT2D eigenvalue weighted by Crippen LogP contribution is 2.34. The van der Waals surface area contributed by atoms with E-state index in [1.165, 1.54) is 0 Å².